The Hall–Kier alpha value is -2.34. The van der Waals surface area contributed by atoms with Crippen molar-refractivity contribution in [1.29, 1.82) is 0 Å². The molecule has 0 atom stereocenters. The highest BCUT2D eigenvalue weighted by Crippen LogP contribution is 2.26. The number of aromatic hydroxyl groups is 2. The van der Waals surface area contributed by atoms with Crippen molar-refractivity contribution >= 4 is 23.6 Å². The van der Waals surface area contributed by atoms with Crippen LogP contribution < -0.4 is 5.43 Å². The monoisotopic (exact) mass is 264 g/mol. The van der Waals surface area contributed by atoms with Gasteiger partial charge >= 0.3 is 0 Å². The number of hydrogen-bond donors (Lipinski definition) is 3. The maximum atomic E-state index is 9.52. The molecule has 0 aliphatic rings. The zero-order chi connectivity index (χ0) is 13.0. The second-order valence-corrected chi connectivity index (χ2v) is 3.71. The number of para-hydroxylation sites is 1. The average molecular weight is 265 g/mol. The predicted octanol–water partition coefficient (Wildman–Crippen LogP) is 1.99. The van der Waals surface area contributed by atoms with Crippen molar-refractivity contribution in [3.8, 4) is 11.5 Å². The van der Waals surface area contributed by atoms with Crippen LogP contribution in [-0.4, -0.2) is 26.6 Å². The highest BCUT2D eigenvalue weighted by atomic mass is 35.5. The fraction of sp³-hybridized carbons (Fsp3) is 0. The highest BCUT2D eigenvalue weighted by Gasteiger charge is 2.02. The molecule has 0 saturated heterocycles. The van der Waals surface area contributed by atoms with Crippen molar-refractivity contribution in [1.82, 2.24) is 10.2 Å². The number of hydrogen-bond acceptors (Lipinski definition) is 6. The molecule has 0 spiro atoms. The van der Waals surface area contributed by atoms with Crippen LogP contribution >= 0.6 is 11.6 Å². The fourth-order valence-corrected chi connectivity index (χ4v) is 1.30. The minimum atomic E-state index is -0.231. The molecule has 92 valence electrons. The number of rotatable bonds is 3. The molecule has 0 aliphatic heterocycles. The lowest BCUT2D eigenvalue weighted by Crippen LogP contribution is -1.95. The Morgan fingerprint density at radius 3 is 2.72 bits per heavy atom. The van der Waals surface area contributed by atoms with Gasteiger partial charge in [-0.3, -0.25) is 5.43 Å². The Morgan fingerprint density at radius 1 is 1.17 bits per heavy atom. The number of nitrogens with zero attached hydrogens (tertiary/aromatic N) is 3. The van der Waals surface area contributed by atoms with Crippen LogP contribution in [0, 0.1) is 0 Å². The van der Waals surface area contributed by atoms with Crippen molar-refractivity contribution in [2.75, 3.05) is 5.43 Å². The first-order chi connectivity index (χ1) is 8.66. The largest absolute Gasteiger partial charge is 0.504 e. The molecule has 18 heavy (non-hydrogen) atoms. The summed E-state index contributed by atoms with van der Waals surface area (Å²) in [6.07, 6.45) is 1.35. The van der Waals surface area contributed by atoms with E-state index in [0.29, 0.717) is 11.4 Å². The molecular weight excluding hydrogens is 256 g/mol. The van der Waals surface area contributed by atoms with Crippen LogP contribution in [0.5, 0.6) is 11.5 Å². The number of aromatic nitrogens is 2. The van der Waals surface area contributed by atoms with Crippen molar-refractivity contribution in [3.05, 3.63) is 41.0 Å². The fourth-order valence-electron chi connectivity index (χ4n) is 1.20. The summed E-state index contributed by atoms with van der Waals surface area (Å²) in [4.78, 5) is 0. The first-order valence-electron chi connectivity index (χ1n) is 4.96. The quantitative estimate of drug-likeness (QED) is 0.448. The van der Waals surface area contributed by atoms with Crippen molar-refractivity contribution in [3.63, 3.8) is 0 Å². The van der Waals surface area contributed by atoms with Crippen molar-refractivity contribution < 1.29 is 10.2 Å². The SMILES string of the molecule is Oc1cccc(/C=N\Nc2ccc(Cl)nn2)c1O. The number of hydrazone groups is 1. The molecule has 6 nitrogen and oxygen atoms in total. The number of phenolic OH excluding ortho intramolecular Hbond substituents is 2. The van der Waals surface area contributed by atoms with Crippen LogP contribution in [0.2, 0.25) is 5.15 Å². The second kappa shape index (κ2) is 5.33. The van der Waals surface area contributed by atoms with Gasteiger partial charge in [-0.25, -0.2) is 0 Å². The minimum Gasteiger partial charge on any atom is -0.504 e. The highest BCUT2D eigenvalue weighted by molar-refractivity contribution is 6.29. The second-order valence-electron chi connectivity index (χ2n) is 3.33. The third-order valence-corrected chi connectivity index (χ3v) is 2.26. The summed E-state index contributed by atoms with van der Waals surface area (Å²) in [6.45, 7) is 0. The summed E-state index contributed by atoms with van der Waals surface area (Å²) in [5.74, 6) is -0.0224. The topological polar surface area (TPSA) is 90.6 Å². The van der Waals surface area contributed by atoms with Gasteiger partial charge in [-0.15, -0.1) is 10.2 Å². The van der Waals surface area contributed by atoms with E-state index >= 15 is 0 Å². The normalized spacial score (nSPS) is 10.7. The zero-order valence-corrected chi connectivity index (χ0v) is 9.83. The molecule has 3 N–H and O–H groups in total. The maximum Gasteiger partial charge on any atom is 0.168 e. The lowest BCUT2D eigenvalue weighted by Gasteiger charge is -2.01. The number of nitrogens with one attached hydrogen (secondary N) is 1. The Morgan fingerprint density at radius 2 is 2.00 bits per heavy atom. The summed E-state index contributed by atoms with van der Waals surface area (Å²) in [7, 11) is 0. The molecule has 7 heteroatoms. The van der Waals surface area contributed by atoms with Gasteiger partial charge in [0, 0.05) is 5.56 Å². The van der Waals surface area contributed by atoms with Crippen molar-refractivity contribution in [2.45, 2.75) is 0 Å². The molecular formula is C11H9ClN4O2. The Bertz CT molecular complexity index is 572. The summed E-state index contributed by atoms with van der Waals surface area (Å²) in [6, 6.07) is 7.75. The van der Waals surface area contributed by atoms with Gasteiger partial charge in [-0.1, -0.05) is 17.7 Å². The van der Waals surface area contributed by atoms with E-state index in [1.165, 1.54) is 12.3 Å². The predicted molar refractivity (Wildman–Crippen MR) is 68.0 cm³/mol. The first kappa shape index (κ1) is 12.1. The average Bonchev–Trinajstić information content (AvgIpc) is 2.37. The molecule has 0 radical (unpaired) electrons. The zero-order valence-electron chi connectivity index (χ0n) is 9.08. The van der Waals surface area contributed by atoms with Crippen LogP contribution in [0.15, 0.2) is 35.4 Å². The van der Waals surface area contributed by atoms with Gasteiger partial charge in [-0.2, -0.15) is 5.10 Å². The van der Waals surface area contributed by atoms with E-state index in [0.717, 1.165) is 0 Å². The van der Waals surface area contributed by atoms with Gasteiger partial charge in [0.2, 0.25) is 0 Å². The molecule has 2 aromatic rings. The molecule has 0 unspecified atom stereocenters. The van der Waals surface area contributed by atoms with E-state index in [-0.39, 0.29) is 16.7 Å². The molecule has 0 saturated carbocycles. The minimum absolute atomic E-state index is 0.203. The summed E-state index contributed by atoms with van der Waals surface area (Å²) < 4.78 is 0. The van der Waals surface area contributed by atoms with Crippen molar-refractivity contribution in [2.24, 2.45) is 5.10 Å². The molecule has 2 rings (SSSR count). The van der Waals surface area contributed by atoms with Gasteiger partial charge in [0.25, 0.3) is 0 Å². The Balaban J connectivity index is 2.07. The van der Waals surface area contributed by atoms with Gasteiger partial charge in [0.15, 0.2) is 22.5 Å². The number of halogens is 1. The standard InChI is InChI=1S/C11H9ClN4O2/c12-9-4-5-10(16-14-9)15-13-6-7-2-1-3-8(17)11(7)18/h1-6,17-18H,(H,15,16)/b13-6-. The number of benzene rings is 1. The van der Waals surface area contributed by atoms with Gasteiger partial charge in [-0.05, 0) is 24.3 Å². The van der Waals surface area contributed by atoms with Crippen LogP contribution in [0.3, 0.4) is 0 Å². The van der Waals surface area contributed by atoms with Crippen LogP contribution in [0.25, 0.3) is 0 Å². The molecule has 1 aromatic heterocycles. The molecule has 0 amide bonds. The summed E-state index contributed by atoms with van der Waals surface area (Å²) >= 11 is 5.58. The lowest BCUT2D eigenvalue weighted by molar-refractivity contribution is 0.403. The van der Waals surface area contributed by atoms with E-state index in [4.69, 9.17) is 11.6 Å². The number of phenols is 2. The Labute approximate surface area is 108 Å². The summed E-state index contributed by atoms with van der Waals surface area (Å²) in [5, 5.41) is 30.3. The lowest BCUT2D eigenvalue weighted by atomic mass is 10.2. The van der Waals surface area contributed by atoms with Crippen LogP contribution in [0.4, 0.5) is 5.82 Å². The summed E-state index contributed by atoms with van der Waals surface area (Å²) in [5.41, 5.74) is 2.99. The van der Waals surface area contributed by atoms with Crippen LogP contribution in [-0.2, 0) is 0 Å². The first-order valence-corrected chi connectivity index (χ1v) is 5.34. The van der Waals surface area contributed by atoms with E-state index in [9.17, 15) is 10.2 Å². The van der Waals surface area contributed by atoms with Gasteiger partial charge in [0.05, 0.1) is 6.21 Å². The molecule has 1 heterocycles. The van der Waals surface area contributed by atoms with E-state index in [2.05, 4.69) is 20.7 Å². The van der Waals surface area contributed by atoms with Gasteiger partial charge in [0.1, 0.15) is 0 Å². The van der Waals surface area contributed by atoms with E-state index in [1.807, 2.05) is 0 Å². The van der Waals surface area contributed by atoms with E-state index < -0.39 is 0 Å². The van der Waals surface area contributed by atoms with Gasteiger partial charge < -0.3 is 10.2 Å². The molecule has 0 bridgehead atoms. The third-order valence-electron chi connectivity index (χ3n) is 2.06. The third kappa shape index (κ3) is 2.86. The maximum absolute atomic E-state index is 9.52. The number of anilines is 1. The molecule has 0 fully saturated rings. The molecule has 1 aromatic carbocycles. The molecule has 0 aliphatic carbocycles. The van der Waals surface area contributed by atoms with E-state index in [1.54, 1.807) is 24.3 Å². The smallest absolute Gasteiger partial charge is 0.168 e. The van der Waals surface area contributed by atoms with Crippen LogP contribution in [0.1, 0.15) is 5.56 Å². The Kier molecular flexibility index (Phi) is 3.59.